The SMILES string of the molecule is CCCC/C(C)=C(/C(C)=C(C)C)c1ccc(F)c(Cl)c1. The molecule has 1 aromatic carbocycles. The Labute approximate surface area is 127 Å². The summed E-state index contributed by atoms with van der Waals surface area (Å²) in [5.74, 6) is -0.365. The summed E-state index contributed by atoms with van der Waals surface area (Å²) in [6, 6.07) is 5.00. The molecule has 0 aromatic heterocycles. The van der Waals surface area contributed by atoms with Gasteiger partial charge in [-0.15, -0.1) is 0 Å². The Balaban J connectivity index is 3.38. The molecule has 0 heterocycles. The number of benzene rings is 1. The summed E-state index contributed by atoms with van der Waals surface area (Å²) in [7, 11) is 0. The number of rotatable bonds is 5. The molecule has 1 aromatic rings. The molecule has 0 amide bonds. The van der Waals surface area contributed by atoms with Gasteiger partial charge in [0.25, 0.3) is 0 Å². The molecule has 0 radical (unpaired) electrons. The van der Waals surface area contributed by atoms with Gasteiger partial charge in [0.1, 0.15) is 5.82 Å². The molecule has 0 aliphatic heterocycles. The third-order valence-electron chi connectivity index (χ3n) is 3.67. The third kappa shape index (κ3) is 4.21. The fourth-order valence-corrected chi connectivity index (χ4v) is 2.43. The Morgan fingerprint density at radius 1 is 1.15 bits per heavy atom. The van der Waals surface area contributed by atoms with Crippen molar-refractivity contribution in [3.63, 3.8) is 0 Å². The maximum atomic E-state index is 13.4. The van der Waals surface area contributed by atoms with Gasteiger partial charge in [-0.2, -0.15) is 0 Å². The van der Waals surface area contributed by atoms with E-state index in [0.717, 1.165) is 12.0 Å². The van der Waals surface area contributed by atoms with Crippen LogP contribution in [0.25, 0.3) is 5.57 Å². The van der Waals surface area contributed by atoms with E-state index in [4.69, 9.17) is 11.6 Å². The summed E-state index contributed by atoms with van der Waals surface area (Å²) >= 11 is 5.94. The molecule has 0 atom stereocenters. The summed E-state index contributed by atoms with van der Waals surface area (Å²) in [6.07, 6.45) is 3.40. The first-order chi connectivity index (χ1) is 9.38. The number of allylic oxidation sites excluding steroid dienone is 4. The summed E-state index contributed by atoms with van der Waals surface area (Å²) in [5, 5.41) is 0.185. The zero-order valence-corrected chi connectivity index (χ0v) is 13.9. The van der Waals surface area contributed by atoms with Crippen LogP contribution in [0.2, 0.25) is 5.02 Å². The van der Waals surface area contributed by atoms with Gasteiger partial charge in [0.15, 0.2) is 0 Å². The smallest absolute Gasteiger partial charge is 0.141 e. The van der Waals surface area contributed by atoms with Crippen LogP contribution in [-0.2, 0) is 0 Å². The van der Waals surface area contributed by atoms with E-state index in [-0.39, 0.29) is 10.8 Å². The lowest BCUT2D eigenvalue weighted by Gasteiger charge is -2.16. The molecule has 110 valence electrons. The normalized spacial score (nSPS) is 12.2. The average Bonchev–Trinajstić information content (AvgIpc) is 2.40. The van der Waals surface area contributed by atoms with Gasteiger partial charge in [-0.1, -0.05) is 42.2 Å². The van der Waals surface area contributed by atoms with Crippen LogP contribution in [0, 0.1) is 5.82 Å². The second-order valence-electron chi connectivity index (χ2n) is 5.51. The first kappa shape index (κ1) is 17.0. The van der Waals surface area contributed by atoms with Crippen molar-refractivity contribution in [3.8, 4) is 0 Å². The Morgan fingerprint density at radius 2 is 1.80 bits per heavy atom. The Kier molecular flexibility index (Phi) is 6.48. The Morgan fingerprint density at radius 3 is 2.30 bits per heavy atom. The van der Waals surface area contributed by atoms with E-state index < -0.39 is 0 Å². The van der Waals surface area contributed by atoms with Crippen LogP contribution in [0.1, 0.15) is 59.4 Å². The van der Waals surface area contributed by atoms with Crippen LogP contribution in [0.5, 0.6) is 0 Å². The van der Waals surface area contributed by atoms with Gasteiger partial charge in [-0.3, -0.25) is 0 Å². The average molecular weight is 295 g/mol. The maximum Gasteiger partial charge on any atom is 0.141 e. The zero-order valence-electron chi connectivity index (χ0n) is 13.1. The predicted molar refractivity (Wildman–Crippen MR) is 87.6 cm³/mol. The van der Waals surface area contributed by atoms with Crippen LogP contribution >= 0.6 is 11.6 Å². The molecule has 1 rings (SSSR count). The molecule has 0 unspecified atom stereocenters. The molecule has 0 aliphatic rings. The number of halogens is 2. The van der Waals surface area contributed by atoms with Crippen molar-refractivity contribution in [2.75, 3.05) is 0 Å². The van der Waals surface area contributed by atoms with Crippen LogP contribution in [0.3, 0.4) is 0 Å². The quantitative estimate of drug-likeness (QED) is 0.524. The Bertz CT molecular complexity index is 534. The van der Waals surface area contributed by atoms with E-state index in [1.165, 1.54) is 41.2 Å². The highest BCUT2D eigenvalue weighted by Gasteiger charge is 2.11. The molecule has 0 saturated carbocycles. The van der Waals surface area contributed by atoms with Crippen molar-refractivity contribution < 1.29 is 4.39 Å². The third-order valence-corrected chi connectivity index (χ3v) is 3.96. The number of hydrogen-bond acceptors (Lipinski definition) is 0. The fraction of sp³-hybridized carbons (Fsp3) is 0.444. The van der Waals surface area contributed by atoms with Gasteiger partial charge in [0.05, 0.1) is 5.02 Å². The van der Waals surface area contributed by atoms with Crippen LogP contribution < -0.4 is 0 Å². The highest BCUT2D eigenvalue weighted by Crippen LogP contribution is 2.32. The monoisotopic (exact) mass is 294 g/mol. The second kappa shape index (κ2) is 7.64. The highest BCUT2D eigenvalue weighted by molar-refractivity contribution is 6.30. The predicted octanol–water partition coefficient (Wildman–Crippen LogP) is 6.80. The maximum absolute atomic E-state index is 13.4. The van der Waals surface area contributed by atoms with Gasteiger partial charge in [-0.25, -0.2) is 4.39 Å². The van der Waals surface area contributed by atoms with Gasteiger partial charge in [0.2, 0.25) is 0 Å². The van der Waals surface area contributed by atoms with Gasteiger partial charge >= 0.3 is 0 Å². The molecule has 0 nitrogen and oxygen atoms in total. The minimum absolute atomic E-state index is 0.185. The lowest BCUT2D eigenvalue weighted by molar-refractivity contribution is 0.628. The van der Waals surface area contributed by atoms with Gasteiger partial charge < -0.3 is 0 Å². The first-order valence-electron chi connectivity index (χ1n) is 7.18. The second-order valence-corrected chi connectivity index (χ2v) is 5.92. The lowest BCUT2D eigenvalue weighted by atomic mass is 9.90. The minimum atomic E-state index is -0.365. The van der Waals surface area contributed by atoms with E-state index >= 15 is 0 Å². The number of hydrogen-bond donors (Lipinski definition) is 0. The van der Waals surface area contributed by atoms with E-state index in [1.807, 2.05) is 6.07 Å². The highest BCUT2D eigenvalue weighted by atomic mass is 35.5. The summed E-state index contributed by atoms with van der Waals surface area (Å²) in [6.45, 7) is 10.7. The van der Waals surface area contributed by atoms with Crippen molar-refractivity contribution >= 4 is 17.2 Å². The molecular weight excluding hydrogens is 271 g/mol. The van der Waals surface area contributed by atoms with E-state index in [0.29, 0.717) is 0 Å². The molecule has 0 spiro atoms. The van der Waals surface area contributed by atoms with Gasteiger partial charge in [-0.05, 0) is 69.4 Å². The molecule has 2 heteroatoms. The summed E-state index contributed by atoms with van der Waals surface area (Å²) in [5.41, 5.74) is 6.08. The van der Waals surface area contributed by atoms with E-state index in [9.17, 15) is 4.39 Å². The topological polar surface area (TPSA) is 0 Å². The van der Waals surface area contributed by atoms with Crippen molar-refractivity contribution in [2.24, 2.45) is 0 Å². The van der Waals surface area contributed by atoms with E-state index in [2.05, 4.69) is 34.6 Å². The van der Waals surface area contributed by atoms with Crippen LogP contribution in [0.4, 0.5) is 4.39 Å². The van der Waals surface area contributed by atoms with E-state index in [1.54, 1.807) is 6.07 Å². The van der Waals surface area contributed by atoms with Gasteiger partial charge in [0, 0.05) is 0 Å². The largest absolute Gasteiger partial charge is 0.205 e. The van der Waals surface area contributed by atoms with Crippen molar-refractivity contribution in [1.29, 1.82) is 0 Å². The van der Waals surface area contributed by atoms with Crippen molar-refractivity contribution in [1.82, 2.24) is 0 Å². The number of unbranched alkanes of at least 4 members (excludes halogenated alkanes) is 1. The molecule has 0 saturated heterocycles. The summed E-state index contributed by atoms with van der Waals surface area (Å²) in [4.78, 5) is 0. The summed E-state index contributed by atoms with van der Waals surface area (Å²) < 4.78 is 13.4. The van der Waals surface area contributed by atoms with Crippen molar-refractivity contribution in [3.05, 3.63) is 51.3 Å². The molecule has 0 fully saturated rings. The minimum Gasteiger partial charge on any atom is -0.205 e. The zero-order chi connectivity index (χ0) is 15.3. The molecular formula is C18H24ClF. The van der Waals surface area contributed by atoms with Crippen LogP contribution in [-0.4, -0.2) is 0 Å². The van der Waals surface area contributed by atoms with Crippen molar-refractivity contribution in [2.45, 2.75) is 53.9 Å². The molecule has 0 aliphatic carbocycles. The lowest BCUT2D eigenvalue weighted by Crippen LogP contribution is -1.95. The first-order valence-corrected chi connectivity index (χ1v) is 7.55. The fourth-order valence-electron chi connectivity index (χ4n) is 2.25. The molecule has 0 bridgehead atoms. The molecule has 0 N–H and O–H groups in total. The standard InChI is InChI=1S/C18H24ClF/c1-6-7-8-13(4)18(14(5)12(2)3)15-9-10-17(20)16(19)11-15/h9-11H,6-8H2,1-5H3/b18-13-. The van der Waals surface area contributed by atoms with Crippen LogP contribution in [0.15, 0.2) is 34.9 Å². The molecule has 20 heavy (non-hydrogen) atoms. The Hall–Kier alpha value is -1.08.